The van der Waals surface area contributed by atoms with Gasteiger partial charge in [0.05, 0.1) is 0 Å². The third kappa shape index (κ3) is 5.09. The molecule has 2 N–H and O–H groups in total. The molecule has 5 heteroatoms. The fourth-order valence-electron chi connectivity index (χ4n) is 2.10. The zero-order valence-electron chi connectivity index (χ0n) is 10.8. The maximum atomic E-state index is 11.7. The highest BCUT2D eigenvalue weighted by atomic mass is 35.5. The Labute approximate surface area is 118 Å². The van der Waals surface area contributed by atoms with E-state index in [1.807, 2.05) is 0 Å². The van der Waals surface area contributed by atoms with E-state index >= 15 is 0 Å². The van der Waals surface area contributed by atoms with Crippen LogP contribution < -0.4 is 15.4 Å². The Kier molecular flexibility index (Phi) is 5.48. The molecule has 1 aliphatic heterocycles. The molecule has 19 heavy (non-hydrogen) atoms. The van der Waals surface area contributed by atoms with Crippen molar-refractivity contribution >= 4 is 17.5 Å². The van der Waals surface area contributed by atoms with Crippen LogP contribution in [-0.4, -0.2) is 32.1 Å². The summed E-state index contributed by atoms with van der Waals surface area (Å²) in [6.45, 7) is 2.85. The molecule has 1 aromatic rings. The molecular weight excluding hydrogens is 264 g/mol. The first kappa shape index (κ1) is 14.2. The number of carbonyl (C=O) groups excluding carboxylic acids is 1. The number of hydrogen-bond acceptors (Lipinski definition) is 3. The molecule has 1 saturated heterocycles. The van der Waals surface area contributed by atoms with Gasteiger partial charge in [0.2, 0.25) is 0 Å². The normalized spacial score (nSPS) is 16.1. The van der Waals surface area contributed by atoms with Crippen molar-refractivity contribution in [3.8, 4) is 5.75 Å². The van der Waals surface area contributed by atoms with Crippen LogP contribution in [0.1, 0.15) is 12.8 Å². The maximum absolute atomic E-state index is 11.7. The lowest BCUT2D eigenvalue weighted by molar-refractivity contribution is -0.123. The van der Waals surface area contributed by atoms with Crippen LogP contribution in [0.5, 0.6) is 5.75 Å². The first-order chi connectivity index (χ1) is 9.24. The summed E-state index contributed by atoms with van der Waals surface area (Å²) in [6.07, 6.45) is 2.24. The number of ether oxygens (including phenoxy) is 1. The van der Waals surface area contributed by atoms with Crippen molar-refractivity contribution in [2.45, 2.75) is 12.8 Å². The second kappa shape index (κ2) is 7.36. The van der Waals surface area contributed by atoms with Gasteiger partial charge in [-0.25, -0.2) is 0 Å². The van der Waals surface area contributed by atoms with Gasteiger partial charge in [0.25, 0.3) is 5.91 Å². The molecular formula is C14H19ClN2O2. The predicted molar refractivity (Wildman–Crippen MR) is 75.6 cm³/mol. The van der Waals surface area contributed by atoms with E-state index in [0.29, 0.717) is 16.7 Å². The fraction of sp³-hybridized carbons (Fsp3) is 0.500. The molecule has 0 aromatic heterocycles. The van der Waals surface area contributed by atoms with Gasteiger partial charge in [-0.05, 0) is 50.0 Å². The molecule has 1 amide bonds. The molecule has 4 nitrogen and oxygen atoms in total. The van der Waals surface area contributed by atoms with Crippen molar-refractivity contribution in [3.63, 3.8) is 0 Å². The lowest BCUT2D eigenvalue weighted by Crippen LogP contribution is -2.37. The molecule has 2 rings (SSSR count). The molecule has 1 aliphatic rings. The summed E-state index contributed by atoms with van der Waals surface area (Å²) in [5, 5.41) is 6.82. The molecule has 0 atom stereocenters. The molecule has 0 unspecified atom stereocenters. The number of nitrogens with one attached hydrogen (secondary N) is 2. The second-order valence-electron chi connectivity index (χ2n) is 4.74. The van der Waals surface area contributed by atoms with Crippen molar-refractivity contribution in [3.05, 3.63) is 29.3 Å². The number of halogens is 1. The van der Waals surface area contributed by atoms with Gasteiger partial charge in [-0.15, -0.1) is 0 Å². The standard InChI is InChI=1S/C14H19ClN2O2/c15-12-2-1-3-13(8-12)19-10-14(18)17-9-11-4-6-16-7-5-11/h1-3,8,11,16H,4-7,9-10H2,(H,17,18). The Balaban J connectivity index is 1.66. The predicted octanol–water partition coefficient (Wildman–Crippen LogP) is 1.83. The molecule has 0 aliphatic carbocycles. The SMILES string of the molecule is O=C(COc1cccc(Cl)c1)NCC1CCNCC1. The van der Waals surface area contributed by atoms with Crippen molar-refractivity contribution in [1.82, 2.24) is 10.6 Å². The number of carbonyl (C=O) groups is 1. The van der Waals surface area contributed by atoms with Crippen molar-refractivity contribution in [2.75, 3.05) is 26.2 Å². The van der Waals surface area contributed by atoms with E-state index in [4.69, 9.17) is 16.3 Å². The number of piperidine rings is 1. The van der Waals surface area contributed by atoms with Crippen LogP contribution in [-0.2, 0) is 4.79 Å². The molecule has 104 valence electrons. The van der Waals surface area contributed by atoms with Gasteiger partial charge in [-0.2, -0.15) is 0 Å². The van der Waals surface area contributed by atoms with E-state index in [9.17, 15) is 4.79 Å². The van der Waals surface area contributed by atoms with Crippen LogP contribution in [0.15, 0.2) is 24.3 Å². The van der Waals surface area contributed by atoms with E-state index in [1.165, 1.54) is 0 Å². The minimum absolute atomic E-state index is 0.0330. The molecule has 0 bridgehead atoms. The monoisotopic (exact) mass is 282 g/mol. The van der Waals surface area contributed by atoms with E-state index in [2.05, 4.69) is 10.6 Å². The van der Waals surface area contributed by atoms with Gasteiger partial charge in [0.15, 0.2) is 6.61 Å². The van der Waals surface area contributed by atoms with E-state index in [-0.39, 0.29) is 12.5 Å². The minimum atomic E-state index is -0.0847. The smallest absolute Gasteiger partial charge is 0.257 e. The van der Waals surface area contributed by atoms with Gasteiger partial charge < -0.3 is 15.4 Å². The summed E-state index contributed by atoms with van der Waals surface area (Å²) >= 11 is 5.84. The van der Waals surface area contributed by atoms with Crippen LogP contribution in [0, 0.1) is 5.92 Å². The van der Waals surface area contributed by atoms with Gasteiger partial charge in [0.1, 0.15) is 5.75 Å². The summed E-state index contributed by atoms with van der Waals surface area (Å²) in [7, 11) is 0. The summed E-state index contributed by atoms with van der Waals surface area (Å²) in [5.41, 5.74) is 0. The molecule has 1 aromatic carbocycles. The van der Waals surface area contributed by atoms with Gasteiger partial charge in [0, 0.05) is 11.6 Å². The van der Waals surface area contributed by atoms with Crippen molar-refractivity contribution < 1.29 is 9.53 Å². The number of amides is 1. The van der Waals surface area contributed by atoms with Crippen LogP contribution in [0.3, 0.4) is 0 Å². The van der Waals surface area contributed by atoms with E-state index in [0.717, 1.165) is 32.5 Å². The minimum Gasteiger partial charge on any atom is -0.484 e. The highest BCUT2D eigenvalue weighted by Crippen LogP contribution is 2.16. The largest absolute Gasteiger partial charge is 0.484 e. The first-order valence-electron chi connectivity index (χ1n) is 6.60. The molecule has 1 heterocycles. The first-order valence-corrected chi connectivity index (χ1v) is 6.97. The second-order valence-corrected chi connectivity index (χ2v) is 5.18. The molecule has 0 saturated carbocycles. The van der Waals surface area contributed by atoms with Crippen molar-refractivity contribution in [2.24, 2.45) is 5.92 Å². The average Bonchev–Trinajstić information content (AvgIpc) is 2.44. The number of rotatable bonds is 5. The van der Waals surface area contributed by atoms with Gasteiger partial charge >= 0.3 is 0 Å². The van der Waals surface area contributed by atoms with E-state index in [1.54, 1.807) is 24.3 Å². The van der Waals surface area contributed by atoms with Crippen molar-refractivity contribution in [1.29, 1.82) is 0 Å². The summed E-state index contributed by atoms with van der Waals surface area (Å²) < 4.78 is 5.38. The van der Waals surface area contributed by atoms with Crippen LogP contribution in [0.25, 0.3) is 0 Å². The lowest BCUT2D eigenvalue weighted by atomic mass is 9.98. The van der Waals surface area contributed by atoms with Gasteiger partial charge in [-0.3, -0.25) is 4.79 Å². The lowest BCUT2D eigenvalue weighted by Gasteiger charge is -2.22. The zero-order valence-corrected chi connectivity index (χ0v) is 11.6. The van der Waals surface area contributed by atoms with E-state index < -0.39 is 0 Å². The Morgan fingerprint density at radius 3 is 2.95 bits per heavy atom. The molecule has 1 fully saturated rings. The fourth-order valence-corrected chi connectivity index (χ4v) is 2.28. The number of hydrogen-bond donors (Lipinski definition) is 2. The average molecular weight is 283 g/mol. The Morgan fingerprint density at radius 2 is 2.21 bits per heavy atom. The Morgan fingerprint density at radius 1 is 1.42 bits per heavy atom. The highest BCUT2D eigenvalue weighted by molar-refractivity contribution is 6.30. The Hall–Kier alpha value is -1.26. The Bertz CT molecular complexity index is 420. The third-order valence-corrected chi connectivity index (χ3v) is 3.45. The quantitative estimate of drug-likeness (QED) is 0.866. The molecule has 0 spiro atoms. The number of benzene rings is 1. The topological polar surface area (TPSA) is 50.4 Å². The van der Waals surface area contributed by atoms with Gasteiger partial charge in [-0.1, -0.05) is 17.7 Å². The highest BCUT2D eigenvalue weighted by Gasteiger charge is 2.13. The van der Waals surface area contributed by atoms with Crippen LogP contribution in [0.2, 0.25) is 5.02 Å². The summed E-state index contributed by atoms with van der Waals surface area (Å²) in [4.78, 5) is 11.7. The molecule has 0 radical (unpaired) electrons. The van der Waals surface area contributed by atoms with Crippen LogP contribution >= 0.6 is 11.6 Å². The zero-order chi connectivity index (χ0) is 13.5. The van der Waals surface area contributed by atoms with Crippen LogP contribution in [0.4, 0.5) is 0 Å². The summed E-state index contributed by atoms with van der Waals surface area (Å²) in [6, 6.07) is 7.05. The third-order valence-electron chi connectivity index (χ3n) is 3.21. The maximum Gasteiger partial charge on any atom is 0.257 e. The summed E-state index contributed by atoms with van der Waals surface area (Å²) in [5.74, 6) is 1.11.